The molecule has 3 unspecified atom stereocenters. The van der Waals surface area contributed by atoms with E-state index in [1.165, 1.54) is 12.1 Å². The molecule has 2 aromatic carbocycles. The van der Waals surface area contributed by atoms with Crippen molar-refractivity contribution in [2.45, 2.75) is 37.8 Å². The molecule has 2 aliphatic carbocycles. The van der Waals surface area contributed by atoms with Crippen LogP contribution in [0.3, 0.4) is 0 Å². The van der Waals surface area contributed by atoms with Crippen molar-refractivity contribution >= 4 is 23.4 Å². The summed E-state index contributed by atoms with van der Waals surface area (Å²) in [5.74, 6) is -2.02. The number of fused-ring (bicyclic) bond motifs is 1. The Morgan fingerprint density at radius 1 is 0.938 bits per heavy atom. The van der Waals surface area contributed by atoms with E-state index < -0.39 is 17.5 Å². The van der Waals surface area contributed by atoms with Gasteiger partial charge in [-0.25, -0.2) is 13.2 Å². The largest absolute Gasteiger partial charge is 0.484 e. The summed E-state index contributed by atoms with van der Waals surface area (Å²) in [5, 5.41) is 5.86. The van der Waals surface area contributed by atoms with Crippen molar-refractivity contribution in [1.82, 2.24) is 10.6 Å². The SMILES string of the molecule is O=C(Cc1cc(F)cc(F)c1)NC1C[C@H](NC(=O)COc2ccc(Cl)c(F)c2)C2CCC12. The number of nitrogens with one attached hydrogen (secondary N) is 2. The van der Waals surface area contributed by atoms with Crippen LogP contribution in [0, 0.1) is 29.3 Å². The molecule has 0 bridgehead atoms. The van der Waals surface area contributed by atoms with Crippen molar-refractivity contribution < 1.29 is 27.5 Å². The van der Waals surface area contributed by atoms with Gasteiger partial charge >= 0.3 is 0 Å². The second-order valence-electron chi connectivity index (χ2n) is 8.31. The maximum absolute atomic E-state index is 13.5. The van der Waals surface area contributed by atoms with Crippen LogP contribution in [0.5, 0.6) is 5.75 Å². The van der Waals surface area contributed by atoms with E-state index in [0.29, 0.717) is 6.42 Å². The van der Waals surface area contributed by atoms with E-state index in [-0.39, 0.29) is 65.1 Å². The van der Waals surface area contributed by atoms with Gasteiger partial charge < -0.3 is 15.4 Å². The molecule has 2 saturated carbocycles. The molecule has 32 heavy (non-hydrogen) atoms. The normalized spacial score (nSPS) is 23.8. The maximum atomic E-state index is 13.5. The van der Waals surface area contributed by atoms with E-state index in [9.17, 15) is 22.8 Å². The fraction of sp³-hybridized carbons (Fsp3) is 0.391. The minimum atomic E-state index is -0.723. The lowest BCUT2D eigenvalue weighted by Gasteiger charge is -2.36. The molecule has 0 radical (unpaired) electrons. The Bertz CT molecular complexity index is 1020. The second-order valence-corrected chi connectivity index (χ2v) is 8.72. The smallest absolute Gasteiger partial charge is 0.258 e. The van der Waals surface area contributed by atoms with Gasteiger partial charge in [-0.15, -0.1) is 0 Å². The summed E-state index contributed by atoms with van der Waals surface area (Å²) in [7, 11) is 0. The molecule has 0 aromatic heterocycles. The summed E-state index contributed by atoms with van der Waals surface area (Å²) in [4.78, 5) is 24.7. The van der Waals surface area contributed by atoms with Crippen LogP contribution in [0.4, 0.5) is 13.2 Å². The van der Waals surface area contributed by atoms with E-state index in [4.69, 9.17) is 16.3 Å². The van der Waals surface area contributed by atoms with Crippen LogP contribution in [0.25, 0.3) is 0 Å². The predicted molar refractivity (Wildman–Crippen MR) is 112 cm³/mol. The number of halogens is 4. The molecule has 170 valence electrons. The quantitative estimate of drug-likeness (QED) is 0.652. The van der Waals surface area contributed by atoms with Crippen LogP contribution in [0.15, 0.2) is 36.4 Å². The second kappa shape index (κ2) is 9.40. The van der Waals surface area contributed by atoms with Crippen LogP contribution in [-0.4, -0.2) is 30.5 Å². The molecule has 2 amide bonds. The highest BCUT2D eigenvalue weighted by Gasteiger charge is 2.49. The summed E-state index contributed by atoms with van der Waals surface area (Å²) in [6.07, 6.45) is 2.34. The van der Waals surface area contributed by atoms with E-state index in [1.54, 1.807) is 0 Å². The van der Waals surface area contributed by atoms with Gasteiger partial charge in [0, 0.05) is 24.2 Å². The van der Waals surface area contributed by atoms with Crippen molar-refractivity contribution in [3.8, 4) is 5.75 Å². The van der Waals surface area contributed by atoms with Crippen LogP contribution in [0.1, 0.15) is 24.8 Å². The zero-order valence-electron chi connectivity index (χ0n) is 17.0. The molecule has 0 heterocycles. The first-order chi connectivity index (χ1) is 15.3. The molecule has 2 aromatic rings. The average Bonchev–Trinajstić information content (AvgIpc) is 2.89. The van der Waals surface area contributed by atoms with Gasteiger partial charge in [-0.2, -0.15) is 0 Å². The van der Waals surface area contributed by atoms with Gasteiger partial charge in [0.05, 0.1) is 11.4 Å². The molecule has 4 atom stereocenters. The molecular formula is C23H22ClF3N2O3. The summed E-state index contributed by atoms with van der Waals surface area (Å²) in [6.45, 7) is -0.267. The summed E-state index contributed by atoms with van der Waals surface area (Å²) in [6, 6.07) is 6.76. The number of carbonyl (C=O) groups excluding carboxylic acids is 2. The monoisotopic (exact) mass is 466 g/mol. The lowest BCUT2D eigenvalue weighted by molar-refractivity contribution is -0.124. The lowest BCUT2D eigenvalue weighted by Crippen LogP contribution is -2.44. The number of hydrogen-bond acceptors (Lipinski definition) is 3. The Labute approximate surface area is 188 Å². The number of benzene rings is 2. The molecule has 9 heteroatoms. The Kier molecular flexibility index (Phi) is 6.60. The maximum Gasteiger partial charge on any atom is 0.258 e. The average molecular weight is 467 g/mol. The Balaban J connectivity index is 1.27. The third-order valence-corrected chi connectivity index (χ3v) is 6.47. The number of carbonyl (C=O) groups is 2. The first-order valence-corrected chi connectivity index (χ1v) is 10.8. The molecule has 4 rings (SSSR count). The van der Waals surface area contributed by atoms with E-state index >= 15 is 0 Å². The first kappa shape index (κ1) is 22.5. The molecular weight excluding hydrogens is 445 g/mol. The Morgan fingerprint density at radius 2 is 1.56 bits per heavy atom. The standard InChI is InChI=1S/C23H22ClF3N2O3/c24-18-4-1-15(9-19(18)27)32-11-23(31)29-21-10-20(16-2-3-17(16)21)28-22(30)7-12-5-13(25)8-14(26)6-12/h1,4-6,8-9,16-17,20-21H,2-3,7,10-11H2,(H,28,30)(H,29,31)/t16?,17?,20?,21-/m0/s1. The highest BCUT2D eigenvalue weighted by molar-refractivity contribution is 6.30. The Morgan fingerprint density at radius 3 is 2.16 bits per heavy atom. The van der Waals surface area contributed by atoms with Gasteiger partial charge in [0.1, 0.15) is 23.2 Å². The predicted octanol–water partition coefficient (Wildman–Crippen LogP) is 3.78. The van der Waals surface area contributed by atoms with Gasteiger partial charge in [0.25, 0.3) is 5.91 Å². The van der Waals surface area contributed by atoms with Crippen molar-refractivity contribution in [2.75, 3.05) is 6.61 Å². The molecule has 0 saturated heterocycles. The van der Waals surface area contributed by atoms with Crippen LogP contribution in [-0.2, 0) is 16.0 Å². The number of ether oxygens (including phenoxy) is 1. The highest BCUT2D eigenvalue weighted by Crippen LogP contribution is 2.47. The van der Waals surface area contributed by atoms with Crippen molar-refractivity contribution in [3.63, 3.8) is 0 Å². The molecule has 2 aliphatic rings. The minimum Gasteiger partial charge on any atom is -0.484 e. The van der Waals surface area contributed by atoms with Gasteiger partial charge in [-0.3, -0.25) is 9.59 Å². The van der Waals surface area contributed by atoms with Crippen molar-refractivity contribution in [3.05, 3.63) is 64.4 Å². The van der Waals surface area contributed by atoms with Gasteiger partial charge in [0.15, 0.2) is 6.61 Å². The zero-order chi connectivity index (χ0) is 22.8. The van der Waals surface area contributed by atoms with E-state index in [2.05, 4.69) is 10.6 Å². The van der Waals surface area contributed by atoms with E-state index in [0.717, 1.165) is 37.1 Å². The molecule has 2 fully saturated rings. The fourth-order valence-electron chi connectivity index (χ4n) is 4.63. The molecule has 0 aliphatic heterocycles. The van der Waals surface area contributed by atoms with Gasteiger partial charge in [0.2, 0.25) is 5.91 Å². The fourth-order valence-corrected chi connectivity index (χ4v) is 4.74. The van der Waals surface area contributed by atoms with Crippen molar-refractivity contribution in [2.24, 2.45) is 11.8 Å². The minimum absolute atomic E-state index is 0.0283. The topological polar surface area (TPSA) is 67.4 Å². The third-order valence-electron chi connectivity index (χ3n) is 6.17. The summed E-state index contributed by atoms with van der Waals surface area (Å²) in [5.41, 5.74) is 0.267. The molecule has 5 nitrogen and oxygen atoms in total. The number of amides is 2. The van der Waals surface area contributed by atoms with Crippen LogP contribution >= 0.6 is 11.6 Å². The Hall–Kier alpha value is -2.74. The van der Waals surface area contributed by atoms with Crippen molar-refractivity contribution in [1.29, 1.82) is 0 Å². The van der Waals surface area contributed by atoms with Gasteiger partial charge in [-0.05, 0) is 60.9 Å². The lowest BCUT2D eigenvalue weighted by atomic mass is 9.73. The van der Waals surface area contributed by atoms with Crippen LogP contribution < -0.4 is 15.4 Å². The first-order valence-electron chi connectivity index (χ1n) is 10.4. The number of hydrogen-bond donors (Lipinski definition) is 2. The summed E-state index contributed by atoms with van der Waals surface area (Å²) >= 11 is 5.63. The molecule has 0 spiro atoms. The van der Waals surface area contributed by atoms with Gasteiger partial charge in [-0.1, -0.05) is 11.6 Å². The third kappa shape index (κ3) is 5.18. The van der Waals surface area contributed by atoms with Crippen LogP contribution in [0.2, 0.25) is 5.02 Å². The zero-order valence-corrected chi connectivity index (χ0v) is 17.8. The number of rotatable bonds is 7. The summed E-state index contributed by atoms with van der Waals surface area (Å²) < 4.78 is 45.5. The highest BCUT2D eigenvalue weighted by atomic mass is 35.5. The molecule has 2 N–H and O–H groups in total. The van der Waals surface area contributed by atoms with E-state index in [1.807, 2.05) is 0 Å².